The van der Waals surface area contributed by atoms with Gasteiger partial charge in [0, 0.05) is 6.20 Å². The summed E-state index contributed by atoms with van der Waals surface area (Å²) in [6.07, 6.45) is 9.46. The Morgan fingerprint density at radius 3 is 2.73 bits per heavy atom. The maximum absolute atomic E-state index is 4.85. The molecule has 4 aromatic rings. The van der Waals surface area contributed by atoms with Crippen LogP contribution in [-0.4, -0.2) is 20.2 Å². The van der Waals surface area contributed by atoms with Gasteiger partial charge in [-0.25, -0.2) is 9.97 Å². The summed E-state index contributed by atoms with van der Waals surface area (Å²) in [7, 11) is 0. The number of fused-ring (bicyclic) bond motifs is 1. The zero-order valence-corrected chi connectivity index (χ0v) is 19.2. The molecule has 0 aliphatic carbocycles. The van der Waals surface area contributed by atoms with Gasteiger partial charge in [0.25, 0.3) is 0 Å². The van der Waals surface area contributed by atoms with E-state index in [1.54, 1.807) is 6.08 Å². The van der Waals surface area contributed by atoms with Gasteiger partial charge in [0.15, 0.2) is 0 Å². The van der Waals surface area contributed by atoms with Crippen LogP contribution >= 0.6 is 0 Å². The molecule has 0 bridgehead atoms. The minimum atomic E-state index is 0.631. The quantitative estimate of drug-likeness (QED) is 0.312. The van der Waals surface area contributed by atoms with Crippen LogP contribution in [-0.2, 0) is 0 Å². The van der Waals surface area contributed by atoms with E-state index in [2.05, 4.69) is 71.8 Å². The van der Waals surface area contributed by atoms with Gasteiger partial charge >= 0.3 is 0 Å². The highest BCUT2D eigenvalue weighted by atomic mass is 15.2. The Bertz CT molecular complexity index is 1410. The Balaban J connectivity index is 1.67. The van der Waals surface area contributed by atoms with Gasteiger partial charge in [-0.15, -0.1) is 0 Å². The summed E-state index contributed by atoms with van der Waals surface area (Å²) >= 11 is 0. The summed E-state index contributed by atoms with van der Waals surface area (Å²) in [6, 6.07) is 14.4. The van der Waals surface area contributed by atoms with Crippen LogP contribution in [0.4, 0.5) is 5.82 Å². The maximum Gasteiger partial charge on any atom is 0.134 e. The Morgan fingerprint density at radius 2 is 1.97 bits per heavy atom. The largest absolute Gasteiger partial charge is 0.339 e. The van der Waals surface area contributed by atoms with Gasteiger partial charge in [-0.3, -0.25) is 5.10 Å². The van der Waals surface area contributed by atoms with E-state index >= 15 is 0 Å². The van der Waals surface area contributed by atoms with Crippen molar-refractivity contribution < 1.29 is 0 Å². The number of rotatable bonds is 7. The highest BCUT2D eigenvalue weighted by Crippen LogP contribution is 2.30. The average molecular weight is 434 g/mol. The summed E-state index contributed by atoms with van der Waals surface area (Å²) < 4.78 is 0. The number of hydrogen-bond acceptors (Lipinski definition) is 4. The molecule has 0 spiro atoms. The molecule has 0 amide bonds. The van der Waals surface area contributed by atoms with Gasteiger partial charge in [0.1, 0.15) is 17.0 Å². The molecule has 0 atom stereocenters. The molecule has 2 N–H and O–H groups in total. The van der Waals surface area contributed by atoms with Crippen molar-refractivity contribution in [2.45, 2.75) is 20.8 Å². The van der Waals surface area contributed by atoms with Crippen molar-refractivity contribution in [2.24, 2.45) is 0 Å². The Hall–Kier alpha value is -4.25. The lowest BCUT2D eigenvalue weighted by Crippen LogP contribution is -2.03. The first kappa shape index (κ1) is 22.0. The number of anilines is 1. The number of nitrogens with one attached hydrogen (secondary N) is 2. The predicted octanol–water partition coefficient (Wildman–Crippen LogP) is 6.87. The molecule has 33 heavy (non-hydrogen) atoms. The molecule has 1 aromatic carbocycles. The van der Waals surface area contributed by atoms with E-state index in [4.69, 9.17) is 4.98 Å². The molecule has 5 nitrogen and oxygen atoms in total. The molecule has 4 rings (SSSR count). The zero-order valence-electron chi connectivity index (χ0n) is 19.2. The normalized spacial score (nSPS) is 11.8. The lowest BCUT2D eigenvalue weighted by molar-refractivity contribution is 1.10. The van der Waals surface area contributed by atoms with Gasteiger partial charge in [-0.1, -0.05) is 67.3 Å². The molecule has 0 unspecified atom stereocenters. The third-order valence-corrected chi connectivity index (χ3v) is 5.51. The number of H-pyrrole nitrogens is 1. The second-order valence-corrected chi connectivity index (χ2v) is 7.81. The third kappa shape index (κ3) is 4.53. The van der Waals surface area contributed by atoms with E-state index in [1.165, 1.54) is 5.56 Å². The topological polar surface area (TPSA) is 66.5 Å². The number of benzene rings is 1. The molecule has 0 fully saturated rings. The predicted molar refractivity (Wildman–Crippen MR) is 139 cm³/mol. The zero-order chi connectivity index (χ0) is 23.4. The summed E-state index contributed by atoms with van der Waals surface area (Å²) in [4.78, 5) is 9.40. The third-order valence-electron chi connectivity index (χ3n) is 5.51. The first-order valence-corrected chi connectivity index (χ1v) is 10.8. The SMILES string of the molecule is C=C/C=C\C(=C/C)c1ccc2[nH]nc(C(=C)Nc3nccc(-c4cccc(C)c4)c3C)c2n1. The minimum absolute atomic E-state index is 0.631. The number of aryl methyl sites for hydroxylation is 1. The standard InChI is InChI=1S/C28H27N5/c1-6-8-11-21(7-2)24-13-14-25-27(31-24)26(33-32-25)20(5)30-28-19(4)23(15-16-29-28)22-12-9-10-18(3)17-22/h6-17H,1,5H2,2-4H3,(H,29,30)(H,32,33)/b11-8-,21-7+. The fraction of sp³-hybridized carbons (Fsp3) is 0.107. The van der Waals surface area contributed by atoms with Crippen LogP contribution in [0.25, 0.3) is 33.4 Å². The second kappa shape index (κ2) is 9.49. The van der Waals surface area contributed by atoms with E-state index in [1.807, 2.05) is 49.5 Å². The first-order chi connectivity index (χ1) is 16.0. The molecule has 5 heteroatoms. The fourth-order valence-electron chi connectivity index (χ4n) is 3.76. The molecule has 0 radical (unpaired) electrons. The van der Waals surface area contributed by atoms with Crippen LogP contribution in [0.15, 0.2) is 86.1 Å². The molecule has 164 valence electrons. The van der Waals surface area contributed by atoms with Crippen molar-refractivity contribution in [2.75, 3.05) is 5.32 Å². The number of nitrogens with zero attached hydrogens (tertiary/aromatic N) is 3. The van der Waals surface area contributed by atoms with Crippen LogP contribution in [0.1, 0.15) is 29.4 Å². The van der Waals surface area contributed by atoms with Gasteiger partial charge in [0.2, 0.25) is 0 Å². The molecule has 0 saturated heterocycles. The summed E-state index contributed by atoms with van der Waals surface area (Å²) in [5, 5.41) is 10.9. The van der Waals surface area contributed by atoms with E-state index < -0.39 is 0 Å². The van der Waals surface area contributed by atoms with Crippen molar-refractivity contribution in [3.63, 3.8) is 0 Å². The highest BCUT2D eigenvalue weighted by Gasteiger charge is 2.15. The summed E-state index contributed by atoms with van der Waals surface area (Å²) in [5.74, 6) is 0.745. The molecule has 0 saturated carbocycles. The first-order valence-electron chi connectivity index (χ1n) is 10.8. The molecular weight excluding hydrogens is 406 g/mol. The number of allylic oxidation sites excluding steroid dienone is 5. The van der Waals surface area contributed by atoms with Crippen LogP contribution in [0.2, 0.25) is 0 Å². The monoisotopic (exact) mass is 433 g/mol. The van der Waals surface area contributed by atoms with Crippen LogP contribution in [0.5, 0.6) is 0 Å². The second-order valence-electron chi connectivity index (χ2n) is 7.81. The van der Waals surface area contributed by atoms with Crippen molar-refractivity contribution >= 4 is 28.1 Å². The Morgan fingerprint density at radius 1 is 1.12 bits per heavy atom. The number of aromatic nitrogens is 4. The van der Waals surface area contributed by atoms with E-state index in [0.717, 1.165) is 44.8 Å². The molecule has 3 heterocycles. The molecule has 0 aliphatic heterocycles. The summed E-state index contributed by atoms with van der Waals surface area (Å²) in [6.45, 7) is 14.1. The van der Waals surface area contributed by atoms with Crippen LogP contribution in [0.3, 0.4) is 0 Å². The lowest BCUT2D eigenvalue weighted by Gasteiger charge is -2.13. The van der Waals surface area contributed by atoms with Crippen LogP contribution < -0.4 is 5.32 Å². The Kier molecular flexibility index (Phi) is 6.31. The average Bonchev–Trinajstić information content (AvgIpc) is 3.24. The lowest BCUT2D eigenvalue weighted by atomic mass is 10.00. The van der Waals surface area contributed by atoms with Gasteiger partial charge < -0.3 is 5.32 Å². The number of hydrogen-bond donors (Lipinski definition) is 2. The van der Waals surface area contributed by atoms with E-state index in [-0.39, 0.29) is 0 Å². The Labute approximate surface area is 194 Å². The minimum Gasteiger partial charge on any atom is -0.339 e. The molecule has 3 aromatic heterocycles. The number of pyridine rings is 2. The van der Waals surface area contributed by atoms with Gasteiger partial charge in [-0.2, -0.15) is 5.10 Å². The van der Waals surface area contributed by atoms with Crippen molar-refractivity contribution in [3.8, 4) is 11.1 Å². The molecule has 0 aliphatic rings. The van der Waals surface area contributed by atoms with E-state index in [9.17, 15) is 0 Å². The van der Waals surface area contributed by atoms with Gasteiger partial charge in [-0.05, 0) is 61.2 Å². The van der Waals surface area contributed by atoms with Crippen molar-refractivity contribution in [1.82, 2.24) is 20.2 Å². The highest BCUT2D eigenvalue weighted by molar-refractivity contribution is 5.91. The van der Waals surface area contributed by atoms with Crippen molar-refractivity contribution in [1.29, 1.82) is 0 Å². The van der Waals surface area contributed by atoms with Crippen molar-refractivity contribution in [3.05, 3.63) is 109 Å². The summed E-state index contributed by atoms with van der Waals surface area (Å²) in [5.41, 5.74) is 9.31. The fourth-order valence-corrected chi connectivity index (χ4v) is 3.76. The number of aromatic amines is 1. The van der Waals surface area contributed by atoms with Crippen LogP contribution in [0, 0.1) is 13.8 Å². The van der Waals surface area contributed by atoms with E-state index in [0.29, 0.717) is 11.4 Å². The molecular formula is C28H27N5. The van der Waals surface area contributed by atoms with Gasteiger partial charge in [0.05, 0.1) is 16.9 Å². The smallest absolute Gasteiger partial charge is 0.134 e. The maximum atomic E-state index is 4.85.